The maximum Gasteiger partial charge on any atom is 0.343 e. The summed E-state index contributed by atoms with van der Waals surface area (Å²) in [6.45, 7) is 4.26. The number of carbonyl (C=O) groups is 2. The van der Waals surface area contributed by atoms with Gasteiger partial charge in [0.2, 0.25) is 0 Å². The van der Waals surface area contributed by atoms with Gasteiger partial charge in [0.05, 0.1) is 18.2 Å². The van der Waals surface area contributed by atoms with Crippen LogP contribution in [0.2, 0.25) is 0 Å². The number of Topliss-reactive ketones (excluding diaryl/α,β-unsaturated/α-hetero) is 1. The summed E-state index contributed by atoms with van der Waals surface area (Å²) in [6.07, 6.45) is 3.02. The normalized spacial score (nSPS) is 17.7. The maximum atomic E-state index is 13.7. The lowest BCUT2D eigenvalue weighted by atomic mass is 9.68. The highest BCUT2D eigenvalue weighted by Gasteiger charge is 2.41. The molecule has 0 spiro atoms. The van der Waals surface area contributed by atoms with E-state index in [0.29, 0.717) is 23.5 Å². The molecule has 1 N–H and O–H groups in total. The van der Waals surface area contributed by atoms with Crippen molar-refractivity contribution in [2.45, 2.75) is 32.6 Å². The number of aromatic nitrogens is 1. The van der Waals surface area contributed by atoms with E-state index in [1.807, 2.05) is 36.4 Å². The minimum Gasteiger partial charge on any atom is -0.493 e. The number of ketones is 1. The minimum atomic E-state index is -0.479. The zero-order chi connectivity index (χ0) is 27.3. The fraction of sp³-hybridized carbons (Fsp3) is 0.219. The number of rotatable bonds is 4. The first kappa shape index (κ1) is 25.3. The van der Waals surface area contributed by atoms with Gasteiger partial charge in [0.25, 0.3) is 0 Å². The number of hydrogen-bond donors (Lipinski definition) is 1. The van der Waals surface area contributed by atoms with Crippen LogP contribution in [0.25, 0.3) is 10.9 Å². The van der Waals surface area contributed by atoms with Crippen LogP contribution >= 0.6 is 15.9 Å². The monoisotopic (exact) mass is 582 g/mol. The SMILES string of the molecule is COc1cc(C2C3=C(CC(C)(C)CC3=O)Nc3ccc4ncccc4c32)ccc1OC(=O)c1ccc(Br)cc1. The van der Waals surface area contributed by atoms with E-state index in [4.69, 9.17) is 9.47 Å². The standard InChI is InChI=1S/C32H27BrN2O4/c1-32(2)16-24-30(25(36)17-32)28(29-21-5-4-14-34-22(21)11-12-23(29)35-24)19-8-13-26(27(15-19)38-3)39-31(37)18-6-9-20(33)10-7-18/h4-15,28,35H,16-17H2,1-3H3. The summed E-state index contributed by atoms with van der Waals surface area (Å²) < 4.78 is 12.3. The minimum absolute atomic E-state index is 0.133. The van der Waals surface area contributed by atoms with Crippen molar-refractivity contribution in [3.8, 4) is 11.5 Å². The third kappa shape index (κ3) is 4.61. The number of esters is 1. The van der Waals surface area contributed by atoms with Crippen molar-refractivity contribution in [1.82, 2.24) is 4.98 Å². The average molecular weight is 583 g/mol. The first-order valence-corrected chi connectivity index (χ1v) is 13.6. The van der Waals surface area contributed by atoms with Crippen LogP contribution in [0.1, 0.15) is 54.1 Å². The van der Waals surface area contributed by atoms with Crippen LogP contribution in [-0.4, -0.2) is 23.8 Å². The fourth-order valence-corrected chi connectivity index (χ4v) is 5.97. The van der Waals surface area contributed by atoms with Gasteiger partial charge in [-0.15, -0.1) is 0 Å². The van der Waals surface area contributed by atoms with Crippen molar-refractivity contribution in [3.63, 3.8) is 0 Å². The predicted molar refractivity (Wildman–Crippen MR) is 154 cm³/mol. The number of nitrogens with one attached hydrogen (secondary N) is 1. The first-order chi connectivity index (χ1) is 18.7. The lowest BCUT2D eigenvalue weighted by Gasteiger charge is -2.40. The molecule has 0 fully saturated rings. The Hall–Kier alpha value is -3.97. The molecule has 4 aromatic rings. The summed E-state index contributed by atoms with van der Waals surface area (Å²) in [5, 5.41) is 4.58. The number of fused-ring (bicyclic) bond motifs is 3. The Bertz CT molecular complexity index is 1670. The van der Waals surface area contributed by atoms with Crippen LogP contribution in [0.3, 0.4) is 0 Å². The molecule has 1 atom stereocenters. The number of methoxy groups -OCH3 is 1. The average Bonchev–Trinajstić information content (AvgIpc) is 2.91. The maximum absolute atomic E-state index is 13.7. The molecule has 1 aliphatic heterocycles. The third-order valence-electron chi connectivity index (χ3n) is 7.41. The second kappa shape index (κ2) is 9.65. The Kier molecular flexibility index (Phi) is 6.26. The molecule has 3 aromatic carbocycles. The van der Waals surface area contributed by atoms with Crippen molar-refractivity contribution >= 4 is 44.3 Å². The second-order valence-corrected chi connectivity index (χ2v) is 11.7. The molecule has 0 amide bonds. The Morgan fingerprint density at radius 1 is 1.03 bits per heavy atom. The van der Waals surface area contributed by atoms with Gasteiger partial charge in [-0.2, -0.15) is 0 Å². The van der Waals surface area contributed by atoms with Crippen LogP contribution in [0.5, 0.6) is 11.5 Å². The zero-order valence-electron chi connectivity index (χ0n) is 21.9. The lowest BCUT2D eigenvalue weighted by molar-refractivity contribution is -0.118. The van der Waals surface area contributed by atoms with Crippen molar-refractivity contribution in [3.05, 3.63) is 105 Å². The van der Waals surface area contributed by atoms with Gasteiger partial charge in [-0.05, 0) is 77.6 Å². The van der Waals surface area contributed by atoms with Gasteiger partial charge >= 0.3 is 5.97 Å². The predicted octanol–water partition coefficient (Wildman–Crippen LogP) is 7.43. The van der Waals surface area contributed by atoms with E-state index >= 15 is 0 Å². The molecule has 1 unspecified atom stereocenters. The molecule has 1 aliphatic carbocycles. The largest absolute Gasteiger partial charge is 0.493 e. The highest BCUT2D eigenvalue weighted by molar-refractivity contribution is 9.10. The Morgan fingerprint density at radius 2 is 1.82 bits per heavy atom. The van der Waals surface area contributed by atoms with Gasteiger partial charge in [0.15, 0.2) is 17.3 Å². The molecule has 1 aromatic heterocycles. The van der Waals surface area contributed by atoms with E-state index in [1.165, 1.54) is 0 Å². The molecular weight excluding hydrogens is 556 g/mol. The summed E-state index contributed by atoms with van der Waals surface area (Å²) in [5.74, 6) is 0.0655. The fourth-order valence-electron chi connectivity index (χ4n) is 5.71. The van der Waals surface area contributed by atoms with Crippen molar-refractivity contribution in [2.24, 2.45) is 5.41 Å². The summed E-state index contributed by atoms with van der Waals surface area (Å²) in [6, 6.07) is 20.5. The van der Waals surface area contributed by atoms with Gasteiger partial charge in [0, 0.05) is 45.4 Å². The van der Waals surface area contributed by atoms with Crippen LogP contribution in [0.15, 0.2) is 88.7 Å². The molecule has 6 nitrogen and oxygen atoms in total. The third-order valence-corrected chi connectivity index (χ3v) is 7.94. The smallest absolute Gasteiger partial charge is 0.343 e. The summed E-state index contributed by atoms with van der Waals surface area (Å²) >= 11 is 3.38. The quantitative estimate of drug-likeness (QED) is 0.199. The number of ether oxygens (including phenoxy) is 2. The summed E-state index contributed by atoms with van der Waals surface area (Å²) in [5.41, 5.74) is 5.76. The van der Waals surface area contributed by atoms with Crippen molar-refractivity contribution < 1.29 is 19.1 Å². The van der Waals surface area contributed by atoms with Crippen LogP contribution in [0, 0.1) is 5.41 Å². The van der Waals surface area contributed by atoms with E-state index in [0.717, 1.165) is 49.9 Å². The number of allylic oxidation sites excluding steroid dienone is 2. The van der Waals surface area contributed by atoms with Crippen molar-refractivity contribution in [1.29, 1.82) is 0 Å². The molecule has 0 bridgehead atoms. The number of hydrogen-bond acceptors (Lipinski definition) is 6. The highest BCUT2D eigenvalue weighted by Crippen LogP contribution is 2.51. The molecule has 2 heterocycles. The molecule has 39 heavy (non-hydrogen) atoms. The molecule has 196 valence electrons. The van der Waals surface area contributed by atoms with E-state index in [2.05, 4.69) is 40.1 Å². The number of halogens is 1. The topological polar surface area (TPSA) is 77.5 Å². The molecule has 0 radical (unpaired) electrons. The zero-order valence-corrected chi connectivity index (χ0v) is 23.5. The number of nitrogens with zero attached hydrogens (tertiary/aromatic N) is 1. The number of benzene rings is 3. The van der Waals surface area contributed by atoms with Gasteiger partial charge in [0.1, 0.15) is 0 Å². The van der Waals surface area contributed by atoms with E-state index in [1.54, 1.807) is 43.6 Å². The second-order valence-electron chi connectivity index (χ2n) is 10.8. The Labute approximate surface area is 235 Å². The molecule has 0 saturated heterocycles. The van der Waals surface area contributed by atoms with Crippen LogP contribution < -0.4 is 14.8 Å². The van der Waals surface area contributed by atoms with Crippen molar-refractivity contribution in [2.75, 3.05) is 12.4 Å². The number of pyridine rings is 1. The van der Waals surface area contributed by atoms with Crippen LogP contribution in [-0.2, 0) is 4.79 Å². The van der Waals surface area contributed by atoms with E-state index in [-0.39, 0.29) is 17.1 Å². The molecule has 6 rings (SSSR count). The Balaban J connectivity index is 1.47. The van der Waals surface area contributed by atoms with Gasteiger partial charge in [-0.3, -0.25) is 9.78 Å². The van der Waals surface area contributed by atoms with Crippen LogP contribution in [0.4, 0.5) is 5.69 Å². The van der Waals surface area contributed by atoms with E-state index < -0.39 is 5.97 Å². The lowest BCUT2D eigenvalue weighted by Crippen LogP contribution is -2.34. The first-order valence-electron chi connectivity index (χ1n) is 12.8. The van der Waals surface area contributed by atoms with Gasteiger partial charge in [-0.25, -0.2) is 4.79 Å². The highest BCUT2D eigenvalue weighted by atomic mass is 79.9. The molecule has 7 heteroatoms. The molecular formula is C32H27BrN2O4. The van der Waals surface area contributed by atoms with Gasteiger partial charge < -0.3 is 14.8 Å². The number of carbonyl (C=O) groups excluding carboxylic acids is 2. The van der Waals surface area contributed by atoms with E-state index in [9.17, 15) is 9.59 Å². The number of anilines is 1. The Morgan fingerprint density at radius 3 is 2.59 bits per heavy atom. The van der Waals surface area contributed by atoms with Gasteiger partial charge in [-0.1, -0.05) is 41.9 Å². The molecule has 2 aliphatic rings. The summed E-state index contributed by atoms with van der Waals surface area (Å²) in [7, 11) is 1.55. The molecule has 0 saturated carbocycles. The summed E-state index contributed by atoms with van der Waals surface area (Å²) in [4.78, 5) is 31.1.